The minimum atomic E-state index is -0.488. The van der Waals surface area contributed by atoms with Crippen molar-refractivity contribution in [3.8, 4) is 5.75 Å². The van der Waals surface area contributed by atoms with Gasteiger partial charge in [-0.3, -0.25) is 19.8 Å². The van der Waals surface area contributed by atoms with Crippen molar-refractivity contribution in [3.63, 3.8) is 0 Å². The molecule has 0 N–H and O–H groups in total. The van der Waals surface area contributed by atoms with Gasteiger partial charge in [-0.15, -0.1) is 0 Å². The maximum Gasteiger partial charge on any atom is 0.269 e. The van der Waals surface area contributed by atoms with Gasteiger partial charge in [-0.25, -0.2) is 4.98 Å². The average Bonchev–Trinajstić information content (AvgIpc) is 3.11. The predicted molar refractivity (Wildman–Crippen MR) is 109 cm³/mol. The van der Waals surface area contributed by atoms with Gasteiger partial charge in [0.05, 0.1) is 16.7 Å². The number of likely N-dealkylation sites (N-methyl/N-ethyl adjacent to an activating group) is 1. The van der Waals surface area contributed by atoms with Gasteiger partial charge < -0.3 is 9.64 Å². The molecule has 0 fully saturated rings. The van der Waals surface area contributed by atoms with Crippen molar-refractivity contribution >= 4 is 38.3 Å². The van der Waals surface area contributed by atoms with Crippen LogP contribution in [0.1, 0.15) is 10.4 Å². The number of rotatable bonds is 7. The molecule has 2 aromatic carbocycles. The average molecular weight is 400 g/mol. The van der Waals surface area contributed by atoms with Gasteiger partial charge in [0.25, 0.3) is 11.6 Å². The minimum Gasteiger partial charge on any atom is -0.494 e. The molecule has 0 aliphatic heterocycles. The number of non-ortho nitro benzene ring substituents is 1. The van der Waals surface area contributed by atoms with Crippen molar-refractivity contribution in [1.82, 2.24) is 9.88 Å². The first-order chi connectivity index (χ1) is 13.4. The number of amides is 1. The molecule has 0 saturated heterocycles. The highest BCUT2D eigenvalue weighted by Gasteiger charge is 2.23. The molecule has 0 atom stereocenters. The Morgan fingerprint density at radius 2 is 1.89 bits per heavy atom. The summed E-state index contributed by atoms with van der Waals surface area (Å²) in [6.45, 7) is 1.08. The van der Waals surface area contributed by atoms with Crippen LogP contribution in [0.4, 0.5) is 10.8 Å². The Morgan fingerprint density at radius 1 is 1.18 bits per heavy atom. The lowest BCUT2D eigenvalue weighted by Crippen LogP contribution is -2.36. The summed E-state index contributed by atoms with van der Waals surface area (Å²) in [4.78, 5) is 31.7. The lowest BCUT2D eigenvalue weighted by atomic mass is 10.2. The zero-order valence-corrected chi connectivity index (χ0v) is 16.6. The topological polar surface area (TPSA) is 88.8 Å². The number of aromatic nitrogens is 1. The van der Waals surface area contributed by atoms with E-state index in [1.807, 2.05) is 37.2 Å². The fourth-order valence-corrected chi connectivity index (χ4v) is 3.66. The molecular formula is C19H20N4O4S. The Bertz CT molecular complexity index is 1000. The Labute approximate surface area is 166 Å². The Hall–Kier alpha value is -3.04. The van der Waals surface area contributed by atoms with Crippen LogP contribution in [0.15, 0.2) is 42.5 Å². The number of benzene rings is 2. The van der Waals surface area contributed by atoms with Gasteiger partial charge in [-0.2, -0.15) is 0 Å². The first kappa shape index (κ1) is 19.7. The number of anilines is 1. The van der Waals surface area contributed by atoms with E-state index in [0.717, 1.165) is 4.70 Å². The molecule has 28 heavy (non-hydrogen) atoms. The number of hydrogen-bond donors (Lipinski definition) is 0. The third-order valence-corrected chi connectivity index (χ3v) is 5.21. The van der Waals surface area contributed by atoms with E-state index < -0.39 is 4.92 Å². The lowest BCUT2D eigenvalue weighted by Gasteiger charge is -2.22. The molecule has 3 aromatic rings. The number of nitro groups is 1. The molecule has 0 aliphatic carbocycles. The van der Waals surface area contributed by atoms with E-state index in [1.54, 1.807) is 12.0 Å². The highest BCUT2D eigenvalue weighted by molar-refractivity contribution is 7.22. The van der Waals surface area contributed by atoms with Crippen LogP contribution in [0, 0.1) is 10.1 Å². The molecule has 1 heterocycles. The second kappa shape index (κ2) is 8.32. The number of methoxy groups -OCH3 is 1. The van der Waals surface area contributed by atoms with E-state index in [0.29, 0.717) is 35.1 Å². The van der Waals surface area contributed by atoms with E-state index in [4.69, 9.17) is 4.74 Å². The van der Waals surface area contributed by atoms with Gasteiger partial charge in [-0.1, -0.05) is 17.4 Å². The summed E-state index contributed by atoms with van der Waals surface area (Å²) >= 11 is 1.40. The number of para-hydroxylation sites is 1. The quantitative estimate of drug-likeness (QED) is 0.446. The van der Waals surface area contributed by atoms with Crippen molar-refractivity contribution in [3.05, 3.63) is 58.1 Å². The summed E-state index contributed by atoms with van der Waals surface area (Å²) in [5.41, 5.74) is 1.02. The predicted octanol–water partition coefficient (Wildman–Crippen LogP) is 3.42. The number of fused-ring (bicyclic) bond motifs is 1. The molecule has 0 aliphatic rings. The summed E-state index contributed by atoms with van der Waals surface area (Å²) < 4.78 is 6.29. The molecule has 0 saturated carbocycles. The zero-order valence-electron chi connectivity index (χ0n) is 15.8. The highest BCUT2D eigenvalue weighted by atomic mass is 32.1. The van der Waals surface area contributed by atoms with Crippen LogP contribution in [-0.2, 0) is 0 Å². The summed E-state index contributed by atoms with van der Waals surface area (Å²) in [7, 11) is 5.44. The largest absolute Gasteiger partial charge is 0.494 e. The van der Waals surface area contributed by atoms with E-state index in [9.17, 15) is 14.9 Å². The summed E-state index contributed by atoms with van der Waals surface area (Å²) in [5.74, 6) is 0.394. The number of nitro benzene ring substituents is 1. The van der Waals surface area contributed by atoms with Gasteiger partial charge in [0.2, 0.25) is 0 Å². The normalized spacial score (nSPS) is 11.0. The first-order valence-electron chi connectivity index (χ1n) is 8.55. The molecule has 0 spiro atoms. The smallest absolute Gasteiger partial charge is 0.269 e. The Morgan fingerprint density at radius 3 is 2.50 bits per heavy atom. The van der Waals surface area contributed by atoms with Crippen LogP contribution in [0.3, 0.4) is 0 Å². The van der Waals surface area contributed by atoms with Gasteiger partial charge in [0.1, 0.15) is 11.3 Å². The summed E-state index contributed by atoms with van der Waals surface area (Å²) in [6.07, 6.45) is 0. The molecule has 0 unspecified atom stereocenters. The Kier molecular flexibility index (Phi) is 5.86. The van der Waals surface area contributed by atoms with Gasteiger partial charge >= 0.3 is 0 Å². The van der Waals surface area contributed by atoms with Crippen molar-refractivity contribution in [1.29, 1.82) is 0 Å². The van der Waals surface area contributed by atoms with Gasteiger partial charge in [0.15, 0.2) is 5.13 Å². The van der Waals surface area contributed by atoms with Crippen molar-refractivity contribution < 1.29 is 14.5 Å². The van der Waals surface area contributed by atoms with Crippen LogP contribution in [0.2, 0.25) is 0 Å². The first-order valence-corrected chi connectivity index (χ1v) is 9.37. The maximum atomic E-state index is 13.1. The van der Waals surface area contributed by atoms with E-state index in [1.165, 1.54) is 35.6 Å². The second-order valence-corrected chi connectivity index (χ2v) is 7.38. The van der Waals surface area contributed by atoms with Gasteiger partial charge in [0, 0.05) is 30.8 Å². The lowest BCUT2D eigenvalue weighted by molar-refractivity contribution is -0.384. The fraction of sp³-hybridized carbons (Fsp3) is 0.263. The molecule has 0 bridgehead atoms. The number of carbonyl (C=O) groups excluding carboxylic acids is 1. The number of carbonyl (C=O) groups is 1. The van der Waals surface area contributed by atoms with E-state index in [-0.39, 0.29) is 11.6 Å². The third kappa shape index (κ3) is 4.10. The zero-order chi connectivity index (χ0) is 20.3. The van der Waals surface area contributed by atoms with Crippen molar-refractivity contribution in [2.75, 3.05) is 39.2 Å². The summed E-state index contributed by atoms with van der Waals surface area (Å²) in [5, 5.41) is 11.4. The van der Waals surface area contributed by atoms with Crippen LogP contribution >= 0.6 is 11.3 Å². The van der Waals surface area contributed by atoms with Crippen molar-refractivity contribution in [2.24, 2.45) is 0 Å². The molecule has 3 rings (SSSR count). The van der Waals surface area contributed by atoms with Crippen LogP contribution < -0.4 is 9.64 Å². The van der Waals surface area contributed by atoms with Crippen molar-refractivity contribution in [2.45, 2.75) is 0 Å². The second-order valence-electron chi connectivity index (χ2n) is 6.37. The van der Waals surface area contributed by atoms with Crippen LogP contribution in [0.5, 0.6) is 5.75 Å². The fourth-order valence-electron chi connectivity index (χ4n) is 2.66. The molecule has 8 nitrogen and oxygen atoms in total. The third-order valence-electron chi connectivity index (χ3n) is 4.16. The van der Waals surface area contributed by atoms with Gasteiger partial charge in [-0.05, 0) is 38.4 Å². The SMILES string of the molecule is COc1cccc2sc(N(CCN(C)C)C(=O)c3ccc([N+](=O)[O-])cc3)nc12. The number of ether oxygens (including phenoxy) is 1. The molecule has 9 heteroatoms. The highest BCUT2D eigenvalue weighted by Crippen LogP contribution is 2.34. The monoisotopic (exact) mass is 400 g/mol. The molecule has 146 valence electrons. The number of nitrogens with zero attached hydrogens (tertiary/aromatic N) is 4. The van der Waals surface area contributed by atoms with Crippen LogP contribution in [0.25, 0.3) is 10.2 Å². The Balaban J connectivity index is 1.98. The van der Waals surface area contributed by atoms with E-state index in [2.05, 4.69) is 4.98 Å². The van der Waals surface area contributed by atoms with Crippen LogP contribution in [-0.4, -0.2) is 55.0 Å². The maximum absolute atomic E-state index is 13.1. The molecule has 1 aromatic heterocycles. The summed E-state index contributed by atoms with van der Waals surface area (Å²) in [6, 6.07) is 11.2. The number of thiazole rings is 1. The van der Waals surface area contributed by atoms with E-state index >= 15 is 0 Å². The molecular weight excluding hydrogens is 380 g/mol. The minimum absolute atomic E-state index is 0.0545. The molecule has 1 amide bonds. The molecule has 0 radical (unpaired) electrons. The number of hydrogen-bond acceptors (Lipinski definition) is 7. The standard InChI is InChI=1S/C19H20N4O4S/c1-21(2)11-12-22(18(24)13-7-9-14(10-8-13)23(25)26)19-20-17-15(27-3)5-4-6-16(17)28-19/h4-10H,11-12H2,1-3H3.